The number of likely N-dealkylation sites (N-methyl/N-ethyl adjacent to an activating group) is 2. The van der Waals surface area contributed by atoms with Crippen molar-refractivity contribution in [1.82, 2.24) is 19.4 Å². The van der Waals surface area contributed by atoms with Crippen LogP contribution < -0.4 is 20.3 Å². The molecule has 7 rings (SSSR count). The van der Waals surface area contributed by atoms with E-state index < -0.39 is 11.7 Å². The van der Waals surface area contributed by atoms with Crippen molar-refractivity contribution in [3.63, 3.8) is 0 Å². The minimum atomic E-state index is -0.590. The number of benzene rings is 2. The maximum atomic E-state index is 12.5. The molecular weight excluding hydrogens is 594 g/mol. The van der Waals surface area contributed by atoms with Gasteiger partial charge in [-0.2, -0.15) is 0 Å². The number of hydrogen-bond donors (Lipinski definition) is 2. The lowest BCUT2D eigenvalue weighted by molar-refractivity contribution is -0.111. The van der Waals surface area contributed by atoms with Crippen LogP contribution in [0, 0.1) is 5.92 Å². The number of amides is 2. The number of ether oxygens (including phenoxy) is 2. The van der Waals surface area contributed by atoms with Crippen LogP contribution in [0.25, 0.3) is 22.2 Å². The maximum Gasteiger partial charge on any atom is 0.410 e. The van der Waals surface area contributed by atoms with Crippen molar-refractivity contribution < 1.29 is 19.1 Å². The minimum absolute atomic E-state index is 0.246. The van der Waals surface area contributed by atoms with Gasteiger partial charge < -0.3 is 34.5 Å². The van der Waals surface area contributed by atoms with Crippen LogP contribution in [0.15, 0.2) is 67.5 Å². The van der Waals surface area contributed by atoms with Gasteiger partial charge in [0.15, 0.2) is 0 Å². The van der Waals surface area contributed by atoms with E-state index in [1.54, 1.807) is 26.4 Å². The van der Waals surface area contributed by atoms with Gasteiger partial charge in [0.2, 0.25) is 11.9 Å². The minimum Gasteiger partial charge on any atom is -0.494 e. The number of anilines is 4. The van der Waals surface area contributed by atoms with E-state index in [1.165, 1.54) is 41.1 Å². The molecule has 3 aliphatic carbocycles. The highest BCUT2D eigenvalue weighted by Crippen LogP contribution is 2.63. The van der Waals surface area contributed by atoms with Crippen LogP contribution in [-0.2, 0) is 15.1 Å². The summed E-state index contributed by atoms with van der Waals surface area (Å²) < 4.78 is 13.7. The van der Waals surface area contributed by atoms with Crippen molar-refractivity contribution in [2.24, 2.45) is 5.92 Å². The van der Waals surface area contributed by atoms with Gasteiger partial charge in [0.1, 0.15) is 11.4 Å². The van der Waals surface area contributed by atoms with Crippen LogP contribution in [0.3, 0.4) is 0 Å². The first-order chi connectivity index (χ1) is 22.4. The van der Waals surface area contributed by atoms with Gasteiger partial charge in [0.05, 0.1) is 29.9 Å². The van der Waals surface area contributed by atoms with Gasteiger partial charge in [0.25, 0.3) is 0 Å². The summed E-state index contributed by atoms with van der Waals surface area (Å²) in [6.07, 6.45) is 8.55. The predicted octanol–water partition coefficient (Wildman–Crippen LogP) is 6.79. The van der Waals surface area contributed by atoms with Gasteiger partial charge in [0, 0.05) is 67.7 Å². The Kier molecular flexibility index (Phi) is 8.33. The first-order valence-electron chi connectivity index (χ1n) is 15.9. The molecule has 2 amide bonds. The molecule has 0 aliphatic heterocycles. The third kappa shape index (κ3) is 6.34. The topological polar surface area (TPSA) is 114 Å². The second-order valence-corrected chi connectivity index (χ2v) is 13.6. The van der Waals surface area contributed by atoms with E-state index in [4.69, 9.17) is 14.5 Å². The zero-order valence-electron chi connectivity index (χ0n) is 28.0. The Morgan fingerprint density at radius 1 is 1.11 bits per heavy atom. The summed E-state index contributed by atoms with van der Waals surface area (Å²) in [6, 6.07) is 14.0. The van der Waals surface area contributed by atoms with Crippen LogP contribution in [0.1, 0.15) is 40.0 Å². The van der Waals surface area contributed by atoms with Crippen LogP contribution in [0.5, 0.6) is 5.75 Å². The molecule has 3 aliphatic rings. The molecule has 11 nitrogen and oxygen atoms in total. The summed E-state index contributed by atoms with van der Waals surface area (Å²) in [7, 11) is 5.15. The molecule has 2 N–H and O–H groups in total. The molecule has 2 aromatic carbocycles. The normalized spacial score (nSPS) is 18.0. The zero-order chi connectivity index (χ0) is 33.5. The Balaban J connectivity index is 1.27. The van der Waals surface area contributed by atoms with E-state index in [0.29, 0.717) is 41.8 Å². The van der Waals surface area contributed by atoms with Gasteiger partial charge in [-0.15, -0.1) is 0 Å². The number of aromatic nitrogens is 3. The molecule has 0 unspecified atom stereocenters. The molecule has 3 fully saturated rings. The summed E-state index contributed by atoms with van der Waals surface area (Å²) in [5, 5.41) is 7.39. The van der Waals surface area contributed by atoms with Crippen molar-refractivity contribution in [2.45, 2.75) is 51.2 Å². The van der Waals surface area contributed by atoms with E-state index in [1.807, 2.05) is 44.9 Å². The van der Waals surface area contributed by atoms with Crippen molar-refractivity contribution in [1.29, 1.82) is 0 Å². The highest BCUT2D eigenvalue weighted by Gasteiger charge is 2.58. The number of carbonyl (C=O) groups is 2. The van der Waals surface area contributed by atoms with E-state index in [0.717, 1.165) is 17.2 Å². The quantitative estimate of drug-likeness (QED) is 0.173. The average Bonchev–Trinajstić information content (AvgIpc) is 3.36. The highest BCUT2D eigenvalue weighted by molar-refractivity contribution is 6.02. The molecular formula is C36H43N7O4. The predicted molar refractivity (Wildman–Crippen MR) is 186 cm³/mol. The molecule has 0 spiro atoms. The Morgan fingerprint density at radius 2 is 1.85 bits per heavy atom. The summed E-state index contributed by atoms with van der Waals surface area (Å²) in [6.45, 7) is 9.95. The molecule has 0 atom stereocenters. The monoisotopic (exact) mass is 637 g/mol. The number of para-hydroxylation sites is 1. The fraction of sp³-hybridized carbons (Fsp3) is 0.389. The standard InChI is InChI=1S/C36H43N7O4/c1-8-32(44)38-27-17-28(31(46-7)18-30(27)41(5)15-16-42(6)34(45)47-35(2,3)4)40-33-37-14-13-26(39-33)25-22-43(36-19-23(20-36)21-36)29-12-10-9-11-24(25)29/h8-14,17-18,22-23H,1,15-16,19-21H2,2-7H3,(H,38,44)(H,37,39,40). The van der Waals surface area contributed by atoms with Gasteiger partial charge in [-0.3, -0.25) is 4.79 Å². The highest BCUT2D eigenvalue weighted by atomic mass is 16.6. The first kappa shape index (κ1) is 31.9. The molecule has 2 aromatic heterocycles. The largest absolute Gasteiger partial charge is 0.494 e. The molecule has 2 bridgehead atoms. The molecule has 0 saturated heterocycles. The molecule has 246 valence electrons. The number of nitrogens with zero attached hydrogens (tertiary/aromatic N) is 5. The van der Waals surface area contributed by atoms with Crippen LogP contribution in [0.4, 0.5) is 27.8 Å². The second-order valence-electron chi connectivity index (χ2n) is 13.6. The van der Waals surface area contributed by atoms with Crippen LogP contribution >= 0.6 is 0 Å². The summed E-state index contributed by atoms with van der Waals surface area (Å²) in [4.78, 5) is 37.9. The van der Waals surface area contributed by atoms with E-state index >= 15 is 0 Å². The molecule has 2 heterocycles. The third-order valence-electron chi connectivity index (χ3n) is 9.06. The number of carbonyl (C=O) groups excluding carboxylic acids is 2. The van der Waals surface area contributed by atoms with Gasteiger partial charge in [-0.25, -0.2) is 14.8 Å². The molecule has 4 aromatic rings. The SMILES string of the molecule is C=CC(=O)Nc1cc(Nc2nccc(-c3cn(C45CC(C4)C5)c4ccccc34)n2)c(OC)cc1N(C)CCN(C)C(=O)OC(C)(C)C. The smallest absolute Gasteiger partial charge is 0.410 e. The van der Waals surface area contributed by atoms with Crippen molar-refractivity contribution in [2.75, 3.05) is 49.8 Å². The number of methoxy groups -OCH3 is 1. The Bertz CT molecular complexity index is 1830. The van der Waals surface area contributed by atoms with Crippen LogP contribution in [-0.4, -0.2) is 71.3 Å². The number of rotatable bonds is 11. The second kappa shape index (κ2) is 12.3. The molecule has 0 radical (unpaired) electrons. The van der Waals surface area contributed by atoms with Gasteiger partial charge >= 0.3 is 6.09 Å². The Labute approximate surface area is 275 Å². The zero-order valence-corrected chi connectivity index (χ0v) is 28.0. The fourth-order valence-corrected chi connectivity index (χ4v) is 6.48. The van der Waals surface area contributed by atoms with Gasteiger partial charge in [-0.1, -0.05) is 24.8 Å². The fourth-order valence-electron chi connectivity index (χ4n) is 6.48. The summed E-state index contributed by atoms with van der Waals surface area (Å²) >= 11 is 0. The van der Waals surface area contributed by atoms with Crippen molar-refractivity contribution in [3.8, 4) is 17.0 Å². The lowest BCUT2D eigenvalue weighted by Crippen LogP contribution is -2.58. The average molecular weight is 638 g/mol. The van der Waals surface area contributed by atoms with Crippen molar-refractivity contribution in [3.05, 3.63) is 67.5 Å². The van der Waals surface area contributed by atoms with E-state index in [9.17, 15) is 9.59 Å². The first-order valence-corrected chi connectivity index (χ1v) is 15.9. The van der Waals surface area contributed by atoms with Crippen LogP contribution in [0.2, 0.25) is 0 Å². The third-order valence-corrected chi connectivity index (χ3v) is 9.06. The summed E-state index contributed by atoms with van der Waals surface area (Å²) in [5.41, 5.74) is 4.56. The molecule has 47 heavy (non-hydrogen) atoms. The Hall–Kier alpha value is -5.06. The number of hydrogen-bond acceptors (Lipinski definition) is 8. The van der Waals surface area contributed by atoms with Crippen molar-refractivity contribution >= 4 is 45.9 Å². The molecule has 11 heteroatoms. The number of fused-ring (bicyclic) bond motifs is 1. The Morgan fingerprint density at radius 3 is 2.51 bits per heavy atom. The van der Waals surface area contributed by atoms with E-state index in [-0.39, 0.29) is 11.4 Å². The molecule has 3 saturated carbocycles. The lowest BCUT2D eigenvalue weighted by Gasteiger charge is -2.62. The van der Waals surface area contributed by atoms with Gasteiger partial charge in [-0.05, 0) is 70.2 Å². The summed E-state index contributed by atoms with van der Waals surface area (Å²) in [5.74, 6) is 1.43. The van der Waals surface area contributed by atoms with E-state index in [2.05, 4.69) is 57.2 Å². The lowest BCUT2D eigenvalue weighted by atomic mass is 9.49. The maximum absolute atomic E-state index is 12.5. The number of nitrogens with one attached hydrogen (secondary N) is 2.